The first kappa shape index (κ1) is 21.9. The molecule has 6 nitrogen and oxygen atoms in total. The molecule has 148 valence electrons. The summed E-state index contributed by atoms with van der Waals surface area (Å²) in [7, 11) is 0. The maximum absolute atomic E-state index is 11.9. The number of carbonyl (C=O) groups excluding carboxylic acids is 2. The first-order valence-electron chi connectivity index (χ1n) is 8.90. The maximum atomic E-state index is 11.9. The minimum Gasteiger partial charge on any atom is -0.482 e. The van der Waals surface area contributed by atoms with Gasteiger partial charge in [-0.05, 0) is 42.8 Å². The molecule has 0 saturated heterocycles. The molecule has 0 unspecified atom stereocenters. The topological polar surface area (TPSA) is 79.5 Å². The number of thiocarbonyl (C=S) groups is 1. The van der Waals surface area contributed by atoms with Gasteiger partial charge in [-0.25, -0.2) is 0 Å². The van der Waals surface area contributed by atoms with E-state index in [0.717, 1.165) is 10.9 Å². The number of rotatable bonds is 6. The van der Waals surface area contributed by atoms with Crippen molar-refractivity contribution in [3.05, 3.63) is 27.7 Å². The first-order valence-corrected chi connectivity index (χ1v) is 10.5. The summed E-state index contributed by atoms with van der Waals surface area (Å²) in [4.78, 5) is 23.7. The minimum absolute atomic E-state index is 0.0543. The molecule has 0 heterocycles. The van der Waals surface area contributed by atoms with Gasteiger partial charge in [-0.15, -0.1) is 0 Å². The lowest BCUT2D eigenvalue weighted by Crippen LogP contribution is -2.49. The molecule has 9 heteroatoms. The molecule has 1 saturated carbocycles. The van der Waals surface area contributed by atoms with Gasteiger partial charge >= 0.3 is 0 Å². The Morgan fingerprint density at radius 2 is 1.93 bits per heavy atom. The van der Waals surface area contributed by atoms with Crippen LogP contribution in [-0.2, 0) is 9.59 Å². The molecule has 0 radical (unpaired) electrons. The summed E-state index contributed by atoms with van der Waals surface area (Å²) in [6, 6.07) is 5.09. The maximum Gasteiger partial charge on any atom is 0.276 e. The van der Waals surface area contributed by atoms with Crippen molar-refractivity contribution in [1.29, 1.82) is 0 Å². The van der Waals surface area contributed by atoms with Crippen molar-refractivity contribution in [1.82, 2.24) is 16.2 Å². The molecule has 0 spiro atoms. The zero-order valence-corrected chi connectivity index (χ0v) is 18.0. The Hall–Kier alpha value is -1.38. The van der Waals surface area contributed by atoms with Gasteiger partial charge in [0.25, 0.3) is 5.91 Å². The van der Waals surface area contributed by atoms with Crippen LogP contribution in [0, 0.1) is 5.92 Å². The van der Waals surface area contributed by atoms with E-state index in [1.165, 1.54) is 32.1 Å². The highest BCUT2D eigenvalue weighted by Crippen LogP contribution is 2.28. The highest BCUT2D eigenvalue weighted by Gasteiger charge is 2.15. The molecule has 3 N–H and O–H groups in total. The summed E-state index contributed by atoms with van der Waals surface area (Å²) < 4.78 is 6.15. The summed E-state index contributed by atoms with van der Waals surface area (Å²) in [6.45, 7) is -0.243. The Morgan fingerprint density at radius 1 is 1.19 bits per heavy atom. The number of amides is 2. The minimum atomic E-state index is -0.451. The second-order valence-corrected chi connectivity index (χ2v) is 8.19. The third-order valence-corrected chi connectivity index (χ3v) is 5.32. The van der Waals surface area contributed by atoms with E-state index >= 15 is 0 Å². The standard InChI is InChI=1S/C18H23BrClN3O3S/c19-13-7-8-15(14(20)10-13)26-11-17(25)22-23-18(27)21-16(24)9-6-12-4-2-1-3-5-12/h7-8,10,12H,1-6,9,11H2,(H,22,25)(H2,21,23,24,27). The van der Waals surface area contributed by atoms with Gasteiger partial charge in [0.15, 0.2) is 11.7 Å². The lowest BCUT2D eigenvalue weighted by atomic mass is 9.86. The van der Waals surface area contributed by atoms with Crippen LogP contribution in [0.1, 0.15) is 44.9 Å². The fourth-order valence-corrected chi connectivity index (χ4v) is 3.82. The van der Waals surface area contributed by atoms with Crippen LogP contribution < -0.4 is 20.9 Å². The van der Waals surface area contributed by atoms with E-state index in [-0.39, 0.29) is 17.6 Å². The van der Waals surface area contributed by atoms with Crippen LogP contribution in [-0.4, -0.2) is 23.5 Å². The molecule has 1 aliphatic carbocycles. The van der Waals surface area contributed by atoms with Crippen molar-refractivity contribution in [2.75, 3.05) is 6.61 Å². The van der Waals surface area contributed by atoms with Crippen LogP contribution in [0.2, 0.25) is 5.02 Å². The Balaban J connectivity index is 1.61. The third kappa shape index (κ3) is 8.45. The van der Waals surface area contributed by atoms with Gasteiger partial charge in [0.1, 0.15) is 5.75 Å². The van der Waals surface area contributed by atoms with Gasteiger partial charge in [0, 0.05) is 10.9 Å². The molecule has 1 aromatic carbocycles. The smallest absolute Gasteiger partial charge is 0.276 e. The summed E-state index contributed by atoms with van der Waals surface area (Å²) in [5.74, 6) is 0.430. The number of nitrogens with one attached hydrogen (secondary N) is 3. The van der Waals surface area contributed by atoms with Crippen molar-refractivity contribution < 1.29 is 14.3 Å². The van der Waals surface area contributed by atoms with Gasteiger partial charge in [0.05, 0.1) is 5.02 Å². The van der Waals surface area contributed by atoms with Crippen LogP contribution in [0.15, 0.2) is 22.7 Å². The van der Waals surface area contributed by atoms with Gasteiger partial charge in [-0.2, -0.15) is 0 Å². The fraction of sp³-hybridized carbons (Fsp3) is 0.500. The first-order chi connectivity index (χ1) is 12.9. The number of hydrazine groups is 1. The van der Waals surface area contributed by atoms with E-state index < -0.39 is 5.91 Å². The van der Waals surface area contributed by atoms with Crippen LogP contribution in [0.25, 0.3) is 0 Å². The summed E-state index contributed by atoms with van der Waals surface area (Å²) in [6.07, 6.45) is 7.53. The van der Waals surface area contributed by atoms with Gasteiger partial charge < -0.3 is 10.1 Å². The SMILES string of the molecule is O=C(COc1ccc(Br)cc1Cl)NNC(=S)NC(=O)CCC1CCCCC1. The molecule has 0 atom stereocenters. The molecule has 1 aromatic rings. The zero-order chi connectivity index (χ0) is 19.6. The summed E-state index contributed by atoms with van der Waals surface area (Å²) in [5.41, 5.74) is 4.86. The Morgan fingerprint density at radius 3 is 2.63 bits per heavy atom. The van der Waals surface area contributed by atoms with Crippen LogP contribution in [0.5, 0.6) is 5.75 Å². The van der Waals surface area contributed by atoms with E-state index in [2.05, 4.69) is 32.1 Å². The van der Waals surface area contributed by atoms with E-state index in [9.17, 15) is 9.59 Å². The van der Waals surface area contributed by atoms with Crippen LogP contribution >= 0.6 is 39.7 Å². The van der Waals surface area contributed by atoms with Gasteiger partial charge in [-0.3, -0.25) is 20.4 Å². The van der Waals surface area contributed by atoms with Crippen molar-refractivity contribution in [2.45, 2.75) is 44.9 Å². The van der Waals surface area contributed by atoms with E-state index in [1.807, 2.05) is 0 Å². The Kier molecular flexibility index (Phi) is 9.30. The molecule has 27 heavy (non-hydrogen) atoms. The number of hydrogen-bond donors (Lipinski definition) is 3. The van der Waals surface area contributed by atoms with Gasteiger partial charge in [0.2, 0.25) is 5.91 Å². The molecule has 0 aliphatic heterocycles. The molecule has 2 rings (SSSR count). The monoisotopic (exact) mass is 475 g/mol. The fourth-order valence-electron chi connectivity index (χ4n) is 2.93. The van der Waals surface area contributed by atoms with Crippen LogP contribution in [0.4, 0.5) is 0 Å². The molecule has 1 aliphatic rings. The number of halogens is 2. The average Bonchev–Trinajstić information content (AvgIpc) is 2.65. The van der Waals surface area contributed by atoms with Crippen LogP contribution in [0.3, 0.4) is 0 Å². The zero-order valence-electron chi connectivity index (χ0n) is 14.9. The second-order valence-electron chi connectivity index (χ2n) is 6.46. The van der Waals surface area contributed by atoms with Crippen molar-refractivity contribution in [2.24, 2.45) is 5.92 Å². The Bertz CT molecular complexity index is 684. The third-order valence-electron chi connectivity index (χ3n) is 4.33. The molecule has 0 bridgehead atoms. The van der Waals surface area contributed by atoms with E-state index in [0.29, 0.717) is 23.1 Å². The normalized spacial score (nSPS) is 14.3. The van der Waals surface area contributed by atoms with E-state index in [4.69, 9.17) is 28.6 Å². The second kappa shape index (κ2) is 11.5. The predicted octanol–water partition coefficient (Wildman–Crippen LogP) is 3.86. The highest BCUT2D eigenvalue weighted by atomic mass is 79.9. The van der Waals surface area contributed by atoms with Crippen molar-refractivity contribution in [3.63, 3.8) is 0 Å². The number of hydrogen-bond acceptors (Lipinski definition) is 4. The molecule has 1 fully saturated rings. The quantitative estimate of drug-likeness (QED) is 0.429. The molecule has 0 aromatic heterocycles. The average molecular weight is 477 g/mol. The number of ether oxygens (including phenoxy) is 1. The lowest BCUT2D eigenvalue weighted by molar-refractivity contribution is -0.124. The number of benzene rings is 1. The predicted molar refractivity (Wildman–Crippen MR) is 112 cm³/mol. The molecular weight excluding hydrogens is 454 g/mol. The van der Waals surface area contributed by atoms with Crippen molar-refractivity contribution in [3.8, 4) is 5.75 Å². The molecular formula is C18H23BrClN3O3S. The van der Waals surface area contributed by atoms with Crippen molar-refractivity contribution >= 4 is 56.7 Å². The number of carbonyl (C=O) groups is 2. The largest absolute Gasteiger partial charge is 0.482 e. The molecule has 2 amide bonds. The summed E-state index contributed by atoms with van der Waals surface area (Å²) in [5, 5.41) is 3.01. The Labute approximate surface area is 177 Å². The lowest BCUT2D eigenvalue weighted by Gasteiger charge is -2.21. The highest BCUT2D eigenvalue weighted by molar-refractivity contribution is 9.10. The summed E-state index contributed by atoms with van der Waals surface area (Å²) >= 11 is 14.3. The van der Waals surface area contributed by atoms with Gasteiger partial charge in [-0.1, -0.05) is 59.6 Å². The van der Waals surface area contributed by atoms with E-state index in [1.54, 1.807) is 18.2 Å².